The summed E-state index contributed by atoms with van der Waals surface area (Å²) in [6, 6.07) is 5.28. The number of benzene rings is 1. The van der Waals surface area contributed by atoms with E-state index in [0.717, 1.165) is 17.7 Å². The Kier molecular flexibility index (Phi) is 3.77. The zero-order valence-electron chi connectivity index (χ0n) is 8.66. The summed E-state index contributed by atoms with van der Waals surface area (Å²) >= 11 is 0. The van der Waals surface area contributed by atoms with E-state index in [2.05, 4.69) is 0 Å². The van der Waals surface area contributed by atoms with Gasteiger partial charge < -0.3 is 15.6 Å². The molecule has 78 valence electrons. The predicted molar refractivity (Wildman–Crippen MR) is 56.6 cm³/mol. The molecule has 0 heterocycles. The minimum absolute atomic E-state index is 0.0907. The van der Waals surface area contributed by atoms with Crippen LogP contribution in [0.2, 0.25) is 0 Å². The van der Waals surface area contributed by atoms with E-state index >= 15 is 0 Å². The lowest BCUT2D eigenvalue weighted by atomic mass is 10.0. The van der Waals surface area contributed by atoms with E-state index in [-0.39, 0.29) is 11.8 Å². The van der Waals surface area contributed by atoms with E-state index in [4.69, 9.17) is 10.5 Å². The second-order valence-corrected chi connectivity index (χ2v) is 3.37. The standard InChI is InChI=1S/C11H17NO2/c1-3-9(12)6-8-7-10(14-2)4-5-11(8)13/h4-5,7,9,13H,3,6,12H2,1-2H3. The summed E-state index contributed by atoms with van der Waals surface area (Å²) in [6.07, 6.45) is 1.58. The van der Waals surface area contributed by atoms with Crippen LogP contribution in [0.5, 0.6) is 11.5 Å². The topological polar surface area (TPSA) is 55.5 Å². The van der Waals surface area contributed by atoms with Crippen molar-refractivity contribution in [2.24, 2.45) is 5.73 Å². The van der Waals surface area contributed by atoms with Crippen LogP contribution >= 0.6 is 0 Å². The molecule has 0 spiro atoms. The predicted octanol–water partition coefficient (Wildman–Crippen LogP) is 1.68. The SMILES string of the molecule is CCC(N)Cc1cc(OC)ccc1O. The van der Waals surface area contributed by atoms with Crippen molar-refractivity contribution in [3.05, 3.63) is 23.8 Å². The van der Waals surface area contributed by atoms with Crippen molar-refractivity contribution in [1.29, 1.82) is 0 Å². The molecule has 0 bridgehead atoms. The summed E-state index contributed by atoms with van der Waals surface area (Å²) in [6.45, 7) is 2.03. The Balaban J connectivity index is 2.83. The third kappa shape index (κ3) is 2.64. The van der Waals surface area contributed by atoms with Crippen molar-refractivity contribution in [3.8, 4) is 11.5 Å². The maximum Gasteiger partial charge on any atom is 0.119 e. The molecule has 0 aliphatic heterocycles. The minimum Gasteiger partial charge on any atom is -0.508 e. The van der Waals surface area contributed by atoms with E-state index < -0.39 is 0 Å². The van der Waals surface area contributed by atoms with Crippen LogP contribution in [0.25, 0.3) is 0 Å². The summed E-state index contributed by atoms with van der Waals surface area (Å²) in [5, 5.41) is 9.56. The third-order valence-corrected chi connectivity index (χ3v) is 2.29. The second kappa shape index (κ2) is 4.86. The zero-order valence-corrected chi connectivity index (χ0v) is 8.66. The molecule has 1 aromatic rings. The summed E-state index contributed by atoms with van der Waals surface area (Å²) < 4.78 is 5.07. The highest BCUT2D eigenvalue weighted by Crippen LogP contribution is 2.23. The summed E-state index contributed by atoms with van der Waals surface area (Å²) in [4.78, 5) is 0. The number of nitrogens with two attached hydrogens (primary N) is 1. The van der Waals surface area contributed by atoms with Gasteiger partial charge in [0.15, 0.2) is 0 Å². The molecule has 0 radical (unpaired) electrons. The fourth-order valence-electron chi connectivity index (χ4n) is 1.28. The quantitative estimate of drug-likeness (QED) is 0.768. The number of aromatic hydroxyl groups is 1. The van der Waals surface area contributed by atoms with E-state index in [1.165, 1.54) is 0 Å². The normalized spacial score (nSPS) is 12.5. The summed E-state index contributed by atoms with van der Waals surface area (Å²) in [5.41, 5.74) is 6.66. The van der Waals surface area contributed by atoms with Crippen molar-refractivity contribution >= 4 is 0 Å². The molecule has 0 amide bonds. The Morgan fingerprint density at radius 3 is 2.79 bits per heavy atom. The van der Waals surface area contributed by atoms with Gasteiger partial charge in [0.1, 0.15) is 11.5 Å². The van der Waals surface area contributed by atoms with Crippen LogP contribution in [0.3, 0.4) is 0 Å². The van der Waals surface area contributed by atoms with E-state index in [1.807, 2.05) is 13.0 Å². The lowest BCUT2D eigenvalue weighted by Gasteiger charge is -2.11. The van der Waals surface area contributed by atoms with Crippen LogP contribution in [0.4, 0.5) is 0 Å². The first kappa shape index (κ1) is 10.9. The first-order valence-electron chi connectivity index (χ1n) is 4.78. The lowest BCUT2D eigenvalue weighted by Crippen LogP contribution is -2.21. The number of rotatable bonds is 4. The van der Waals surface area contributed by atoms with Gasteiger partial charge in [-0.2, -0.15) is 0 Å². The molecule has 0 aliphatic rings. The number of phenols is 1. The van der Waals surface area contributed by atoms with Crippen molar-refractivity contribution in [1.82, 2.24) is 0 Å². The highest BCUT2D eigenvalue weighted by atomic mass is 16.5. The third-order valence-electron chi connectivity index (χ3n) is 2.29. The smallest absolute Gasteiger partial charge is 0.119 e. The van der Waals surface area contributed by atoms with Crippen LogP contribution < -0.4 is 10.5 Å². The first-order valence-corrected chi connectivity index (χ1v) is 4.78. The monoisotopic (exact) mass is 195 g/mol. The average Bonchev–Trinajstić information content (AvgIpc) is 2.21. The Labute approximate surface area is 84.5 Å². The van der Waals surface area contributed by atoms with Gasteiger partial charge >= 0.3 is 0 Å². The molecule has 0 aliphatic carbocycles. The average molecular weight is 195 g/mol. The van der Waals surface area contributed by atoms with Crippen molar-refractivity contribution < 1.29 is 9.84 Å². The molecule has 3 nitrogen and oxygen atoms in total. The van der Waals surface area contributed by atoms with E-state index in [1.54, 1.807) is 19.2 Å². The van der Waals surface area contributed by atoms with Gasteiger partial charge in [-0.25, -0.2) is 0 Å². The maximum atomic E-state index is 9.56. The van der Waals surface area contributed by atoms with Crippen molar-refractivity contribution in [3.63, 3.8) is 0 Å². The Morgan fingerprint density at radius 2 is 2.21 bits per heavy atom. The minimum atomic E-state index is 0.0907. The van der Waals surface area contributed by atoms with Crippen LogP contribution in [-0.2, 0) is 6.42 Å². The molecule has 1 rings (SSSR count). The van der Waals surface area contributed by atoms with Gasteiger partial charge in [-0.1, -0.05) is 6.92 Å². The first-order chi connectivity index (χ1) is 6.67. The van der Waals surface area contributed by atoms with Gasteiger partial charge in [0, 0.05) is 6.04 Å². The highest BCUT2D eigenvalue weighted by molar-refractivity contribution is 5.39. The molecule has 0 fully saturated rings. The van der Waals surface area contributed by atoms with E-state index in [0.29, 0.717) is 6.42 Å². The number of ether oxygens (including phenoxy) is 1. The van der Waals surface area contributed by atoms with Gasteiger partial charge in [-0.3, -0.25) is 0 Å². The number of hydrogen-bond donors (Lipinski definition) is 2. The largest absolute Gasteiger partial charge is 0.508 e. The van der Waals surface area contributed by atoms with Crippen LogP contribution in [0.1, 0.15) is 18.9 Å². The van der Waals surface area contributed by atoms with Crippen LogP contribution in [0.15, 0.2) is 18.2 Å². The van der Waals surface area contributed by atoms with E-state index in [9.17, 15) is 5.11 Å². The molecular weight excluding hydrogens is 178 g/mol. The Hall–Kier alpha value is -1.22. The summed E-state index contributed by atoms with van der Waals surface area (Å²) in [5.74, 6) is 1.04. The molecular formula is C11H17NO2. The Bertz CT molecular complexity index is 299. The van der Waals surface area contributed by atoms with Gasteiger partial charge in [0.05, 0.1) is 7.11 Å². The lowest BCUT2D eigenvalue weighted by molar-refractivity contribution is 0.410. The summed E-state index contributed by atoms with van der Waals surface area (Å²) in [7, 11) is 1.61. The van der Waals surface area contributed by atoms with Crippen LogP contribution in [-0.4, -0.2) is 18.3 Å². The zero-order chi connectivity index (χ0) is 10.6. The molecule has 14 heavy (non-hydrogen) atoms. The van der Waals surface area contributed by atoms with Crippen molar-refractivity contribution in [2.75, 3.05) is 7.11 Å². The fourth-order valence-corrected chi connectivity index (χ4v) is 1.28. The molecule has 3 heteroatoms. The molecule has 1 atom stereocenters. The van der Waals surface area contributed by atoms with Gasteiger partial charge in [-0.05, 0) is 36.6 Å². The van der Waals surface area contributed by atoms with Gasteiger partial charge in [0.2, 0.25) is 0 Å². The van der Waals surface area contributed by atoms with Crippen LogP contribution in [0, 0.1) is 0 Å². The molecule has 1 aromatic carbocycles. The number of hydrogen-bond acceptors (Lipinski definition) is 3. The second-order valence-electron chi connectivity index (χ2n) is 3.37. The fraction of sp³-hybridized carbons (Fsp3) is 0.455. The molecule has 3 N–H and O–H groups in total. The highest BCUT2D eigenvalue weighted by Gasteiger charge is 2.07. The van der Waals surface area contributed by atoms with Gasteiger partial charge in [-0.15, -0.1) is 0 Å². The van der Waals surface area contributed by atoms with Crippen molar-refractivity contribution in [2.45, 2.75) is 25.8 Å². The number of methoxy groups -OCH3 is 1. The number of phenolic OH excluding ortho intramolecular Hbond substituents is 1. The maximum absolute atomic E-state index is 9.56. The molecule has 0 saturated heterocycles. The van der Waals surface area contributed by atoms with Gasteiger partial charge in [0.25, 0.3) is 0 Å². The molecule has 1 unspecified atom stereocenters. The molecule has 0 aromatic heterocycles. The Morgan fingerprint density at radius 1 is 1.50 bits per heavy atom. The molecule has 0 saturated carbocycles.